The summed E-state index contributed by atoms with van der Waals surface area (Å²) in [7, 11) is 0. The molecule has 0 bridgehead atoms. The van der Waals surface area contributed by atoms with Gasteiger partial charge in [-0.3, -0.25) is 4.79 Å². The molecule has 0 aliphatic heterocycles. The van der Waals surface area contributed by atoms with Gasteiger partial charge in [-0.25, -0.2) is 13.8 Å². The summed E-state index contributed by atoms with van der Waals surface area (Å²) in [6.45, 7) is 2.94. The number of anilines is 2. The molecule has 2 N–H and O–H groups in total. The number of pyridine rings is 1. The number of nitrogens with zero attached hydrogens (tertiary/aromatic N) is 1. The smallest absolute Gasteiger partial charge is 0.255 e. The van der Waals surface area contributed by atoms with E-state index in [1.807, 2.05) is 0 Å². The minimum atomic E-state index is -1.05. The van der Waals surface area contributed by atoms with Gasteiger partial charge in [0.2, 0.25) is 0 Å². The zero-order valence-corrected chi connectivity index (χ0v) is 12.2. The van der Waals surface area contributed by atoms with Crippen molar-refractivity contribution in [1.29, 1.82) is 0 Å². The van der Waals surface area contributed by atoms with Crippen LogP contribution < -0.4 is 10.6 Å². The van der Waals surface area contributed by atoms with E-state index in [1.54, 1.807) is 12.1 Å². The van der Waals surface area contributed by atoms with Gasteiger partial charge in [0.1, 0.15) is 5.82 Å². The normalized spacial score (nSPS) is 10.3. The van der Waals surface area contributed by atoms with Gasteiger partial charge in [-0.1, -0.05) is 13.3 Å². The predicted molar refractivity (Wildman–Crippen MR) is 81.9 cm³/mol. The van der Waals surface area contributed by atoms with Gasteiger partial charge in [-0.2, -0.15) is 0 Å². The quantitative estimate of drug-likeness (QED) is 0.798. The first-order valence-electron chi connectivity index (χ1n) is 7.06. The largest absolute Gasteiger partial charge is 0.370 e. The maximum absolute atomic E-state index is 13.1. The summed E-state index contributed by atoms with van der Waals surface area (Å²) in [5.74, 6) is -1.84. The highest BCUT2D eigenvalue weighted by atomic mass is 19.2. The van der Waals surface area contributed by atoms with Crippen LogP contribution in [-0.2, 0) is 0 Å². The van der Waals surface area contributed by atoms with Crippen molar-refractivity contribution >= 4 is 17.4 Å². The van der Waals surface area contributed by atoms with E-state index in [-0.39, 0.29) is 5.56 Å². The average molecular weight is 305 g/mol. The van der Waals surface area contributed by atoms with E-state index in [4.69, 9.17) is 0 Å². The second-order valence-corrected chi connectivity index (χ2v) is 4.80. The second-order valence-electron chi connectivity index (χ2n) is 4.80. The van der Waals surface area contributed by atoms with Crippen molar-refractivity contribution < 1.29 is 13.6 Å². The fraction of sp³-hybridized carbons (Fsp3) is 0.250. The van der Waals surface area contributed by atoms with E-state index in [9.17, 15) is 13.6 Å². The van der Waals surface area contributed by atoms with Gasteiger partial charge in [-0.05, 0) is 36.8 Å². The van der Waals surface area contributed by atoms with Crippen molar-refractivity contribution in [3.8, 4) is 0 Å². The number of carbonyl (C=O) groups is 1. The van der Waals surface area contributed by atoms with Crippen LogP contribution in [0.1, 0.15) is 30.1 Å². The Kier molecular flexibility index (Phi) is 5.41. The van der Waals surface area contributed by atoms with E-state index < -0.39 is 17.5 Å². The van der Waals surface area contributed by atoms with Gasteiger partial charge in [0, 0.05) is 12.1 Å². The van der Waals surface area contributed by atoms with Crippen molar-refractivity contribution in [2.24, 2.45) is 0 Å². The number of hydrogen-bond acceptors (Lipinski definition) is 3. The highest BCUT2D eigenvalue weighted by molar-refractivity contribution is 6.04. The molecule has 2 aromatic rings. The predicted octanol–water partition coefficient (Wildman–Crippen LogP) is 3.82. The molecule has 0 aliphatic carbocycles. The molecule has 0 spiro atoms. The van der Waals surface area contributed by atoms with Crippen LogP contribution in [-0.4, -0.2) is 17.4 Å². The van der Waals surface area contributed by atoms with Crippen LogP contribution in [0.2, 0.25) is 0 Å². The topological polar surface area (TPSA) is 54.0 Å². The Bertz CT molecular complexity index is 644. The van der Waals surface area contributed by atoms with E-state index in [2.05, 4.69) is 22.5 Å². The van der Waals surface area contributed by atoms with Crippen LogP contribution >= 0.6 is 0 Å². The minimum absolute atomic E-state index is 0.0454. The van der Waals surface area contributed by atoms with Crippen LogP contribution in [0.15, 0.2) is 36.5 Å². The molecular formula is C16H17F2N3O. The Hall–Kier alpha value is -2.50. The van der Waals surface area contributed by atoms with Gasteiger partial charge in [0.15, 0.2) is 11.6 Å². The molecule has 0 radical (unpaired) electrons. The summed E-state index contributed by atoms with van der Waals surface area (Å²) in [4.78, 5) is 16.1. The molecule has 0 saturated heterocycles. The Balaban J connectivity index is 1.97. The number of hydrogen-bond donors (Lipinski definition) is 2. The summed E-state index contributed by atoms with van der Waals surface area (Å²) in [6.07, 6.45) is 3.65. The molecule has 0 fully saturated rings. The Morgan fingerprint density at radius 3 is 2.64 bits per heavy atom. The molecular weight excluding hydrogens is 288 g/mol. The lowest BCUT2D eigenvalue weighted by Crippen LogP contribution is -2.13. The average Bonchev–Trinajstić information content (AvgIpc) is 2.52. The molecule has 22 heavy (non-hydrogen) atoms. The van der Waals surface area contributed by atoms with Gasteiger partial charge >= 0.3 is 0 Å². The molecule has 0 aliphatic rings. The summed E-state index contributed by atoms with van der Waals surface area (Å²) >= 11 is 0. The molecule has 0 unspecified atom stereocenters. The first-order valence-corrected chi connectivity index (χ1v) is 7.06. The van der Waals surface area contributed by atoms with Crippen LogP contribution in [0.25, 0.3) is 0 Å². The first-order chi connectivity index (χ1) is 10.6. The monoisotopic (exact) mass is 305 g/mol. The molecule has 2 rings (SSSR count). The minimum Gasteiger partial charge on any atom is -0.370 e. The zero-order valence-electron chi connectivity index (χ0n) is 12.2. The maximum atomic E-state index is 13.1. The third kappa shape index (κ3) is 4.25. The van der Waals surface area contributed by atoms with Crippen molar-refractivity contribution in [3.05, 3.63) is 53.7 Å². The van der Waals surface area contributed by atoms with Gasteiger partial charge < -0.3 is 10.6 Å². The van der Waals surface area contributed by atoms with Crippen molar-refractivity contribution in [3.63, 3.8) is 0 Å². The van der Waals surface area contributed by atoms with Gasteiger partial charge in [0.05, 0.1) is 11.9 Å². The number of unbranched alkanes of at least 4 members (excludes halogenated alkanes) is 1. The highest BCUT2D eigenvalue weighted by Crippen LogP contribution is 2.13. The SMILES string of the molecule is CCCCNc1ccc(NC(=O)c2ccc(F)c(F)c2)cn1. The third-order valence-electron chi connectivity index (χ3n) is 3.04. The molecule has 1 heterocycles. The molecule has 6 heteroatoms. The number of nitrogens with one attached hydrogen (secondary N) is 2. The van der Waals surface area contributed by atoms with Crippen LogP contribution in [0.3, 0.4) is 0 Å². The first kappa shape index (κ1) is 15.9. The number of amides is 1. The van der Waals surface area contributed by atoms with Crippen molar-refractivity contribution in [1.82, 2.24) is 4.98 Å². The van der Waals surface area contributed by atoms with Crippen molar-refractivity contribution in [2.45, 2.75) is 19.8 Å². The number of benzene rings is 1. The van der Waals surface area contributed by atoms with E-state index >= 15 is 0 Å². The third-order valence-corrected chi connectivity index (χ3v) is 3.04. The summed E-state index contributed by atoms with van der Waals surface area (Å²) < 4.78 is 25.9. The standard InChI is InChI=1S/C16H17F2N3O/c1-2-3-8-19-15-7-5-12(10-20-15)21-16(22)11-4-6-13(17)14(18)9-11/h4-7,9-10H,2-3,8H2,1H3,(H,19,20)(H,21,22). The molecule has 1 aromatic heterocycles. The molecule has 116 valence electrons. The van der Waals surface area contributed by atoms with Gasteiger partial charge in [0.25, 0.3) is 5.91 Å². The lowest BCUT2D eigenvalue weighted by atomic mass is 10.2. The number of carbonyl (C=O) groups excluding carboxylic acids is 1. The molecule has 1 amide bonds. The Morgan fingerprint density at radius 2 is 2.00 bits per heavy atom. The molecule has 4 nitrogen and oxygen atoms in total. The number of aromatic nitrogens is 1. The lowest BCUT2D eigenvalue weighted by Gasteiger charge is -2.07. The highest BCUT2D eigenvalue weighted by Gasteiger charge is 2.10. The summed E-state index contributed by atoms with van der Waals surface area (Å²) in [5, 5.41) is 5.74. The summed E-state index contributed by atoms with van der Waals surface area (Å²) in [6, 6.07) is 6.44. The molecule has 0 atom stereocenters. The summed E-state index contributed by atoms with van der Waals surface area (Å²) in [5.41, 5.74) is 0.528. The van der Waals surface area contributed by atoms with Crippen LogP contribution in [0.5, 0.6) is 0 Å². The van der Waals surface area contributed by atoms with Gasteiger partial charge in [-0.15, -0.1) is 0 Å². The fourth-order valence-electron chi connectivity index (χ4n) is 1.81. The van der Waals surface area contributed by atoms with E-state index in [1.165, 1.54) is 12.3 Å². The molecule has 1 aromatic carbocycles. The van der Waals surface area contributed by atoms with Crippen molar-refractivity contribution in [2.75, 3.05) is 17.2 Å². The second kappa shape index (κ2) is 7.49. The van der Waals surface area contributed by atoms with E-state index in [0.717, 1.165) is 37.3 Å². The fourth-order valence-corrected chi connectivity index (χ4v) is 1.81. The van der Waals surface area contributed by atoms with Crippen LogP contribution in [0, 0.1) is 11.6 Å². The maximum Gasteiger partial charge on any atom is 0.255 e. The lowest BCUT2D eigenvalue weighted by molar-refractivity contribution is 0.102. The zero-order chi connectivity index (χ0) is 15.9. The Labute approximate surface area is 127 Å². The molecule has 0 saturated carbocycles. The van der Waals surface area contributed by atoms with E-state index in [0.29, 0.717) is 5.69 Å². The van der Waals surface area contributed by atoms with Crippen LogP contribution in [0.4, 0.5) is 20.3 Å². The number of halogens is 2. The number of rotatable bonds is 6. The Morgan fingerprint density at radius 1 is 1.18 bits per heavy atom.